The second-order valence-corrected chi connectivity index (χ2v) is 6.41. The molecule has 0 aliphatic heterocycles. The number of hydrogen-bond acceptors (Lipinski definition) is 4. The fraction of sp³-hybridized carbons (Fsp3) is 0.0556. The summed E-state index contributed by atoms with van der Waals surface area (Å²) in [6, 6.07) is 11.5. The van der Waals surface area contributed by atoms with Gasteiger partial charge < -0.3 is 5.32 Å². The van der Waals surface area contributed by atoms with E-state index >= 15 is 0 Å². The fourth-order valence-corrected chi connectivity index (χ4v) is 3.15. The van der Waals surface area contributed by atoms with Crippen molar-refractivity contribution in [1.29, 1.82) is 0 Å². The van der Waals surface area contributed by atoms with Gasteiger partial charge in [0.05, 0.1) is 23.5 Å². The number of benzene rings is 1. The highest BCUT2D eigenvalue weighted by atomic mass is 32.1. The molecule has 0 bridgehead atoms. The number of carbonyl (C=O) groups is 1. The largest absolute Gasteiger partial charge is 0.309 e. The number of halogens is 1. The van der Waals surface area contributed by atoms with Crippen molar-refractivity contribution < 1.29 is 9.18 Å². The molecule has 0 saturated heterocycles. The highest BCUT2D eigenvalue weighted by Crippen LogP contribution is 2.22. The van der Waals surface area contributed by atoms with Crippen LogP contribution in [-0.4, -0.2) is 25.9 Å². The molecule has 3 aromatic heterocycles. The van der Waals surface area contributed by atoms with E-state index in [0.29, 0.717) is 11.5 Å². The molecule has 4 aromatic rings. The van der Waals surface area contributed by atoms with E-state index in [-0.39, 0.29) is 18.1 Å². The van der Waals surface area contributed by atoms with Gasteiger partial charge in [0.2, 0.25) is 5.91 Å². The highest BCUT2D eigenvalue weighted by molar-refractivity contribution is 7.08. The van der Waals surface area contributed by atoms with Crippen LogP contribution < -0.4 is 5.32 Å². The first-order valence-electron chi connectivity index (χ1n) is 7.86. The molecular formula is C18H14FN5OS. The summed E-state index contributed by atoms with van der Waals surface area (Å²) < 4.78 is 14.6. The van der Waals surface area contributed by atoms with Crippen LogP contribution in [0.5, 0.6) is 0 Å². The molecule has 0 saturated carbocycles. The summed E-state index contributed by atoms with van der Waals surface area (Å²) in [7, 11) is 0. The summed E-state index contributed by atoms with van der Waals surface area (Å²) in [6.07, 6.45) is 1.86. The van der Waals surface area contributed by atoms with Crippen molar-refractivity contribution in [3.05, 3.63) is 70.9 Å². The lowest BCUT2D eigenvalue weighted by molar-refractivity contribution is -0.115. The van der Waals surface area contributed by atoms with E-state index in [0.717, 1.165) is 16.9 Å². The van der Waals surface area contributed by atoms with E-state index in [1.54, 1.807) is 46.5 Å². The number of amides is 1. The zero-order valence-corrected chi connectivity index (χ0v) is 14.3. The first kappa shape index (κ1) is 16.2. The Hall–Kier alpha value is -3.26. The van der Waals surface area contributed by atoms with Crippen LogP contribution in [0.15, 0.2) is 59.4 Å². The number of H-pyrrole nitrogens is 1. The fourth-order valence-electron chi connectivity index (χ4n) is 2.50. The van der Waals surface area contributed by atoms with Gasteiger partial charge in [0.1, 0.15) is 5.82 Å². The van der Waals surface area contributed by atoms with Gasteiger partial charge in [0.25, 0.3) is 0 Å². The van der Waals surface area contributed by atoms with Gasteiger partial charge in [-0.05, 0) is 41.8 Å². The van der Waals surface area contributed by atoms with Crippen LogP contribution in [0.1, 0.15) is 5.69 Å². The number of thiophene rings is 1. The minimum absolute atomic E-state index is 0.120. The Bertz CT molecular complexity index is 1020. The molecule has 0 radical (unpaired) electrons. The van der Waals surface area contributed by atoms with Crippen molar-refractivity contribution in [2.75, 3.05) is 5.32 Å². The van der Waals surface area contributed by atoms with Crippen LogP contribution in [0.2, 0.25) is 0 Å². The molecule has 1 aromatic carbocycles. The minimum atomic E-state index is -0.304. The highest BCUT2D eigenvalue weighted by Gasteiger charge is 2.10. The van der Waals surface area contributed by atoms with E-state index in [1.807, 2.05) is 16.8 Å². The lowest BCUT2D eigenvalue weighted by atomic mass is 10.2. The smallest absolute Gasteiger partial charge is 0.231 e. The predicted molar refractivity (Wildman–Crippen MR) is 97.8 cm³/mol. The third-order valence-electron chi connectivity index (χ3n) is 3.75. The Morgan fingerprint density at radius 1 is 1.23 bits per heavy atom. The Morgan fingerprint density at radius 2 is 2.08 bits per heavy atom. The van der Waals surface area contributed by atoms with Crippen LogP contribution in [-0.2, 0) is 11.2 Å². The van der Waals surface area contributed by atoms with Crippen molar-refractivity contribution in [3.8, 4) is 16.9 Å². The second-order valence-electron chi connectivity index (χ2n) is 5.63. The van der Waals surface area contributed by atoms with Crippen LogP contribution >= 0.6 is 11.3 Å². The van der Waals surface area contributed by atoms with Crippen molar-refractivity contribution >= 4 is 23.1 Å². The minimum Gasteiger partial charge on any atom is -0.309 e. The molecular weight excluding hydrogens is 353 g/mol. The van der Waals surface area contributed by atoms with Gasteiger partial charge in [-0.2, -0.15) is 21.5 Å². The molecule has 3 heterocycles. The van der Waals surface area contributed by atoms with E-state index in [4.69, 9.17) is 0 Å². The number of rotatable bonds is 5. The summed E-state index contributed by atoms with van der Waals surface area (Å²) in [5.41, 5.74) is 3.22. The number of anilines is 1. The second kappa shape index (κ2) is 6.93. The lowest BCUT2D eigenvalue weighted by Crippen LogP contribution is -2.15. The quantitative estimate of drug-likeness (QED) is 0.565. The number of carbonyl (C=O) groups excluding carboxylic acids is 1. The molecule has 26 heavy (non-hydrogen) atoms. The average Bonchev–Trinajstić information content (AvgIpc) is 3.36. The summed E-state index contributed by atoms with van der Waals surface area (Å²) in [5, 5.41) is 18.1. The van der Waals surface area contributed by atoms with Crippen molar-refractivity contribution in [2.45, 2.75) is 6.42 Å². The third-order valence-corrected chi connectivity index (χ3v) is 4.44. The molecule has 130 valence electrons. The third kappa shape index (κ3) is 3.55. The molecule has 0 atom stereocenters. The molecule has 6 nitrogen and oxygen atoms in total. The summed E-state index contributed by atoms with van der Waals surface area (Å²) in [5.74, 6) is -0.0479. The van der Waals surface area contributed by atoms with Crippen LogP contribution in [0.3, 0.4) is 0 Å². The van der Waals surface area contributed by atoms with Gasteiger partial charge in [0.15, 0.2) is 5.82 Å². The monoisotopic (exact) mass is 367 g/mol. The first-order chi connectivity index (χ1) is 12.7. The topological polar surface area (TPSA) is 75.6 Å². The van der Waals surface area contributed by atoms with Crippen molar-refractivity contribution in [1.82, 2.24) is 20.0 Å². The van der Waals surface area contributed by atoms with E-state index in [9.17, 15) is 9.18 Å². The Kier molecular flexibility index (Phi) is 4.32. The molecule has 2 N–H and O–H groups in total. The Labute approximate surface area is 152 Å². The average molecular weight is 367 g/mol. The standard InChI is InChI=1S/C18H14FN5OS/c19-13-1-3-15(4-2-13)24-7-5-14(23-24)9-18(25)20-17-10-16(21-22-17)12-6-8-26-11-12/h1-8,10-11H,9H2,(H2,20,21,22,25). The van der Waals surface area contributed by atoms with Gasteiger partial charge in [0, 0.05) is 23.2 Å². The van der Waals surface area contributed by atoms with Gasteiger partial charge >= 0.3 is 0 Å². The normalized spacial score (nSPS) is 10.8. The predicted octanol–water partition coefficient (Wildman–Crippen LogP) is 3.64. The van der Waals surface area contributed by atoms with Crippen molar-refractivity contribution in [3.63, 3.8) is 0 Å². The molecule has 1 amide bonds. The number of aromatic nitrogens is 4. The maximum Gasteiger partial charge on any atom is 0.231 e. The molecule has 0 unspecified atom stereocenters. The molecule has 0 aliphatic rings. The Balaban J connectivity index is 1.40. The van der Waals surface area contributed by atoms with Gasteiger partial charge in [-0.15, -0.1) is 0 Å². The number of hydrogen-bond donors (Lipinski definition) is 2. The van der Waals surface area contributed by atoms with Crippen molar-refractivity contribution in [2.24, 2.45) is 0 Å². The van der Waals surface area contributed by atoms with E-state index in [2.05, 4.69) is 20.6 Å². The lowest BCUT2D eigenvalue weighted by Gasteiger charge is -2.01. The summed E-state index contributed by atoms with van der Waals surface area (Å²) in [4.78, 5) is 12.2. The van der Waals surface area contributed by atoms with Gasteiger partial charge in [-0.1, -0.05) is 0 Å². The summed E-state index contributed by atoms with van der Waals surface area (Å²) in [6.45, 7) is 0. The first-order valence-corrected chi connectivity index (χ1v) is 8.80. The maximum atomic E-state index is 13.0. The molecule has 4 rings (SSSR count). The molecule has 8 heteroatoms. The number of aromatic amines is 1. The van der Waals surface area contributed by atoms with Crippen LogP contribution in [0, 0.1) is 5.82 Å². The molecule has 0 fully saturated rings. The van der Waals surface area contributed by atoms with Crippen LogP contribution in [0.25, 0.3) is 16.9 Å². The van der Waals surface area contributed by atoms with Gasteiger partial charge in [-0.25, -0.2) is 9.07 Å². The Morgan fingerprint density at radius 3 is 2.85 bits per heavy atom. The van der Waals surface area contributed by atoms with E-state index < -0.39 is 0 Å². The molecule has 0 aliphatic carbocycles. The molecule has 0 spiro atoms. The SMILES string of the molecule is O=C(Cc1ccn(-c2ccc(F)cc2)n1)Nc1cc(-c2ccsc2)[nH]n1. The van der Waals surface area contributed by atoms with Gasteiger partial charge in [-0.3, -0.25) is 9.89 Å². The maximum absolute atomic E-state index is 13.0. The number of nitrogens with one attached hydrogen (secondary N) is 2. The van der Waals surface area contributed by atoms with E-state index in [1.165, 1.54) is 12.1 Å². The zero-order valence-electron chi connectivity index (χ0n) is 13.5. The van der Waals surface area contributed by atoms with Crippen LogP contribution in [0.4, 0.5) is 10.2 Å². The zero-order chi connectivity index (χ0) is 17.9. The number of nitrogens with zero attached hydrogens (tertiary/aromatic N) is 3. The summed E-state index contributed by atoms with van der Waals surface area (Å²) >= 11 is 1.59.